The van der Waals surface area contributed by atoms with Gasteiger partial charge in [-0.3, -0.25) is 4.79 Å². The lowest BCUT2D eigenvalue weighted by molar-refractivity contribution is -0.138. The van der Waals surface area contributed by atoms with Crippen LogP contribution in [0.4, 0.5) is 13.2 Å². The van der Waals surface area contributed by atoms with Gasteiger partial charge < -0.3 is 9.64 Å². The van der Waals surface area contributed by atoms with Crippen LogP contribution in [0, 0.1) is 0 Å². The SMILES string of the molecule is COC(=O)C1=C(C)N(CCC2=CCCCC2)C(=O)/C1=C\c1ccccc1C(F)(F)F. The molecule has 0 spiro atoms. The number of methoxy groups -OCH3 is 1. The van der Waals surface area contributed by atoms with Gasteiger partial charge in [0.15, 0.2) is 0 Å². The van der Waals surface area contributed by atoms with Crippen molar-refractivity contribution in [1.29, 1.82) is 0 Å². The summed E-state index contributed by atoms with van der Waals surface area (Å²) >= 11 is 0. The number of alkyl halides is 3. The summed E-state index contributed by atoms with van der Waals surface area (Å²) in [7, 11) is 1.18. The number of halogens is 3. The molecule has 1 aromatic carbocycles. The molecule has 0 radical (unpaired) electrons. The Morgan fingerprint density at radius 3 is 2.60 bits per heavy atom. The molecular formula is C23H24F3NO3. The highest BCUT2D eigenvalue weighted by Crippen LogP contribution is 2.36. The summed E-state index contributed by atoms with van der Waals surface area (Å²) in [6.45, 7) is 1.99. The van der Waals surface area contributed by atoms with E-state index < -0.39 is 23.6 Å². The third kappa shape index (κ3) is 4.50. The lowest BCUT2D eigenvalue weighted by Crippen LogP contribution is -2.26. The van der Waals surface area contributed by atoms with Gasteiger partial charge in [-0.25, -0.2) is 4.79 Å². The van der Waals surface area contributed by atoms with Crippen LogP contribution in [0.15, 0.2) is 52.8 Å². The van der Waals surface area contributed by atoms with E-state index in [2.05, 4.69) is 6.08 Å². The third-order valence-corrected chi connectivity index (χ3v) is 5.51. The maximum absolute atomic E-state index is 13.4. The largest absolute Gasteiger partial charge is 0.465 e. The van der Waals surface area contributed by atoms with Gasteiger partial charge in [-0.2, -0.15) is 13.2 Å². The maximum atomic E-state index is 13.4. The van der Waals surface area contributed by atoms with Crippen LogP contribution in [0.25, 0.3) is 6.08 Å². The van der Waals surface area contributed by atoms with E-state index in [0.29, 0.717) is 18.7 Å². The maximum Gasteiger partial charge on any atom is 0.416 e. The summed E-state index contributed by atoms with van der Waals surface area (Å²) in [6, 6.07) is 4.98. The molecule has 160 valence electrons. The molecule has 2 aliphatic rings. The molecule has 1 aromatic rings. The Balaban J connectivity index is 1.98. The number of ether oxygens (including phenoxy) is 1. The van der Waals surface area contributed by atoms with Gasteiger partial charge in [0.05, 0.1) is 23.8 Å². The second kappa shape index (κ2) is 8.90. The summed E-state index contributed by atoms with van der Waals surface area (Å²) in [6.07, 6.45) is 3.68. The molecule has 1 amide bonds. The van der Waals surface area contributed by atoms with Crippen molar-refractivity contribution in [2.24, 2.45) is 0 Å². The predicted molar refractivity (Wildman–Crippen MR) is 107 cm³/mol. The lowest BCUT2D eigenvalue weighted by Gasteiger charge is -2.20. The summed E-state index contributed by atoms with van der Waals surface area (Å²) in [5, 5.41) is 0. The minimum Gasteiger partial charge on any atom is -0.465 e. The average Bonchev–Trinajstić information content (AvgIpc) is 2.95. The van der Waals surface area contributed by atoms with E-state index in [1.54, 1.807) is 6.92 Å². The van der Waals surface area contributed by atoms with Crippen LogP contribution >= 0.6 is 0 Å². The minimum absolute atomic E-state index is 0.0112. The van der Waals surface area contributed by atoms with Gasteiger partial charge >= 0.3 is 12.1 Å². The molecule has 0 atom stereocenters. The Kier molecular flexibility index (Phi) is 6.48. The van der Waals surface area contributed by atoms with Crippen LogP contribution in [-0.4, -0.2) is 30.4 Å². The standard InChI is InChI=1S/C23H24F3NO3/c1-15-20(22(29)30-2)18(14-17-10-6-7-11-19(17)23(24,25)26)21(28)27(15)13-12-16-8-4-3-5-9-16/h6-8,10-11,14H,3-5,9,12-13H2,1-2H3/b18-14-. The summed E-state index contributed by atoms with van der Waals surface area (Å²) in [4.78, 5) is 26.9. The lowest BCUT2D eigenvalue weighted by atomic mass is 9.97. The first-order chi connectivity index (χ1) is 14.2. The smallest absolute Gasteiger partial charge is 0.416 e. The van der Waals surface area contributed by atoms with E-state index >= 15 is 0 Å². The zero-order chi connectivity index (χ0) is 21.9. The van der Waals surface area contributed by atoms with Crippen molar-refractivity contribution in [2.75, 3.05) is 13.7 Å². The molecule has 4 nitrogen and oxygen atoms in total. The molecule has 7 heteroatoms. The summed E-state index contributed by atoms with van der Waals surface area (Å²) in [5.74, 6) is -1.22. The van der Waals surface area contributed by atoms with Crippen molar-refractivity contribution < 1.29 is 27.5 Å². The number of carbonyl (C=O) groups is 2. The van der Waals surface area contributed by atoms with E-state index in [0.717, 1.165) is 37.8 Å². The van der Waals surface area contributed by atoms with Crippen molar-refractivity contribution >= 4 is 18.0 Å². The highest BCUT2D eigenvalue weighted by atomic mass is 19.4. The quantitative estimate of drug-likeness (QED) is 0.371. The van der Waals surface area contributed by atoms with Gasteiger partial charge in [0.2, 0.25) is 0 Å². The number of benzene rings is 1. The van der Waals surface area contributed by atoms with Crippen LogP contribution in [0.3, 0.4) is 0 Å². The number of hydrogen-bond acceptors (Lipinski definition) is 3. The highest BCUT2D eigenvalue weighted by molar-refractivity contribution is 6.16. The van der Waals surface area contributed by atoms with Gasteiger partial charge in [-0.15, -0.1) is 0 Å². The van der Waals surface area contributed by atoms with E-state index in [1.807, 2.05) is 0 Å². The second-order valence-electron chi connectivity index (χ2n) is 7.41. The van der Waals surface area contributed by atoms with Crippen LogP contribution < -0.4 is 0 Å². The number of rotatable bonds is 5. The van der Waals surface area contributed by atoms with Crippen molar-refractivity contribution in [3.05, 3.63) is 63.9 Å². The third-order valence-electron chi connectivity index (χ3n) is 5.51. The molecule has 0 aromatic heterocycles. The molecule has 0 saturated heterocycles. The number of nitrogens with zero attached hydrogens (tertiary/aromatic N) is 1. The molecule has 1 heterocycles. The molecule has 0 saturated carbocycles. The van der Waals surface area contributed by atoms with E-state index in [4.69, 9.17) is 4.74 Å². The van der Waals surface area contributed by atoms with E-state index in [1.165, 1.54) is 35.8 Å². The fraction of sp³-hybridized carbons (Fsp3) is 0.391. The number of amides is 1. The number of esters is 1. The Morgan fingerprint density at radius 1 is 1.23 bits per heavy atom. The Morgan fingerprint density at radius 2 is 1.97 bits per heavy atom. The average molecular weight is 419 g/mol. The van der Waals surface area contributed by atoms with Crippen LogP contribution in [0.2, 0.25) is 0 Å². The fourth-order valence-electron chi connectivity index (χ4n) is 3.92. The van der Waals surface area contributed by atoms with E-state index in [-0.39, 0.29) is 16.7 Å². The number of allylic oxidation sites excluding steroid dienone is 2. The summed E-state index contributed by atoms with van der Waals surface area (Å²) < 4.78 is 45.0. The molecule has 0 N–H and O–H groups in total. The zero-order valence-corrected chi connectivity index (χ0v) is 17.0. The van der Waals surface area contributed by atoms with Crippen molar-refractivity contribution in [2.45, 2.75) is 45.2 Å². The first kappa shape index (κ1) is 21.9. The zero-order valence-electron chi connectivity index (χ0n) is 17.0. The van der Waals surface area contributed by atoms with E-state index in [9.17, 15) is 22.8 Å². The molecule has 1 aliphatic heterocycles. The number of carbonyl (C=O) groups excluding carboxylic acids is 2. The minimum atomic E-state index is -4.58. The molecule has 1 aliphatic carbocycles. The molecule has 0 unspecified atom stereocenters. The van der Waals surface area contributed by atoms with Gasteiger partial charge in [0.25, 0.3) is 5.91 Å². The van der Waals surface area contributed by atoms with Crippen molar-refractivity contribution in [1.82, 2.24) is 4.90 Å². The monoisotopic (exact) mass is 419 g/mol. The van der Waals surface area contributed by atoms with Crippen LogP contribution in [-0.2, 0) is 20.5 Å². The predicted octanol–water partition coefficient (Wildman–Crippen LogP) is 5.27. The molecular weight excluding hydrogens is 395 g/mol. The molecule has 30 heavy (non-hydrogen) atoms. The summed E-state index contributed by atoms with van der Waals surface area (Å²) in [5.41, 5.74) is 0.573. The second-order valence-corrected chi connectivity index (χ2v) is 7.41. The first-order valence-electron chi connectivity index (χ1n) is 9.91. The van der Waals surface area contributed by atoms with Gasteiger partial charge in [0.1, 0.15) is 0 Å². The van der Waals surface area contributed by atoms with Gasteiger partial charge in [0, 0.05) is 12.2 Å². The Hall–Kier alpha value is -2.83. The van der Waals surface area contributed by atoms with Gasteiger partial charge in [-0.1, -0.05) is 29.8 Å². The Bertz CT molecular complexity index is 941. The number of hydrogen-bond donors (Lipinski definition) is 0. The van der Waals surface area contributed by atoms with Crippen LogP contribution in [0.5, 0.6) is 0 Å². The van der Waals surface area contributed by atoms with Crippen molar-refractivity contribution in [3.63, 3.8) is 0 Å². The Labute approximate surface area is 173 Å². The normalized spacial score (nSPS) is 18.8. The molecule has 3 rings (SSSR count). The van der Waals surface area contributed by atoms with Crippen LogP contribution in [0.1, 0.15) is 50.2 Å². The highest BCUT2D eigenvalue weighted by Gasteiger charge is 2.38. The van der Waals surface area contributed by atoms with Gasteiger partial charge in [-0.05, 0) is 56.7 Å². The first-order valence-corrected chi connectivity index (χ1v) is 9.91. The fourth-order valence-corrected chi connectivity index (χ4v) is 3.92. The van der Waals surface area contributed by atoms with Crippen molar-refractivity contribution in [3.8, 4) is 0 Å². The topological polar surface area (TPSA) is 46.6 Å². The molecule has 0 bridgehead atoms. The molecule has 0 fully saturated rings.